The van der Waals surface area contributed by atoms with Gasteiger partial charge in [0, 0.05) is 23.2 Å². The first-order chi connectivity index (χ1) is 16.2. The van der Waals surface area contributed by atoms with Crippen molar-refractivity contribution in [1.82, 2.24) is 0 Å². The van der Waals surface area contributed by atoms with Gasteiger partial charge in [0.05, 0.1) is 13.7 Å². The molecular formula is C24H25F6NO4. The number of benzene rings is 2. The van der Waals surface area contributed by atoms with E-state index >= 15 is 0 Å². The molecule has 192 valence electrons. The third-order valence-corrected chi connectivity index (χ3v) is 5.83. The van der Waals surface area contributed by atoms with Crippen molar-refractivity contribution in [2.75, 3.05) is 18.6 Å². The molecule has 3 rings (SSSR count). The summed E-state index contributed by atoms with van der Waals surface area (Å²) in [5.74, 6) is 0.0848. The van der Waals surface area contributed by atoms with Crippen LogP contribution in [0, 0.1) is 5.92 Å². The maximum atomic E-state index is 13.4. The molecule has 35 heavy (non-hydrogen) atoms. The third-order valence-electron chi connectivity index (χ3n) is 5.83. The van der Waals surface area contributed by atoms with Crippen LogP contribution in [0.1, 0.15) is 31.4 Å². The minimum atomic E-state index is -6.00. The van der Waals surface area contributed by atoms with Gasteiger partial charge in [-0.2, -0.15) is 26.3 Å². The Morgan fingerprint density at radius 3 is 2.23 bits per heavy atom. The minimum absolute atomic E-state index is 0.0193. The number of rotatable bonds is 5. The smallest absolute Gasteiger partial charge is 0.430 e. The standard InChI is InChI=1S/C24H25F6NO4/c1-14(2)21(32)31-13-19(35-18-6-4-5-17(12-18)34-3)9-7-15-11-16(8-10-20(15)31)22(33,23(25,26)27)24(28,29)30/h4-6,8,10-12,14,19,33H,7,9,13H2,1-3H3/t19-/m1/s1. The number of alkyl halides is 6. The molecule has 0 unspecified atom stereocenters. The van der Waals surface area contributed by atoms with E-state index in [1.807, 2.05) is 0 Å². The molecule has 0 saturated carbocycles. The van der Waals surface area contributed by atoms with E-state index in [1.165, 1.54) is 12.0 Å². The average molecular weight is 505 g/mol. The largest absolute Gasteiger partial charge is 0.497 e. The number of halogens is 6. The molecule has 0 bridgehead atoms. The van der Waals surface area contributed by atoms with Gasteiger partial charge in [0.15, 0.2) is 0 Å². The van der Waals surface area contributed by atoms with Gasteiger partial charge in [-0.25, -0.2) is 0 Å². The predicted molar refractivity (Wildman–Crippen MR) is 115 cm³/mol. The first-order valence-corrected chi connectivity index (χ1v) is 10.8. The zero-order valence-electron chi connectivity index (χ0n) is 19.2. The van der Waals surface area contributed by atoms with Crippen LogP contribution in [-0.4, -0.2) is 43.1 Å². The Balaban J connectivity index is 2.03. The topological polar surface area (TPSA) is 59.0 Å². The molecule has 0 radical (unpaired) electrons. The Bertz CT molecular complexity index is 1050. The molecular weight excluding hydrogens is 480 g/mol. The highest BCUT2D eigenvalue weighted by Crippen LogP contribution is 2.50. The van der Waals surface area contributed by atoms with Crippen LogP contribution in [0.25, 0.3) is 0 Å². The summed E-state index contributed by atoms with van der Waals surface area (Å²) in [6.07, 6.45) is -12.4. The molecule has 2 aromatic rings. The van der Waals surface area contributed by atoms with E-state index in [0.29, 0.717) is 23.6 Å². The fourth-order valence-corrected chi connectivity index (χ4v) is 3.96. The van der Waals surface area contributed by atoms with Gasteiger partial charge >= 0.3 is 12.4 Å². The fourth-order valence-electron chi connectivity index (χ4n) is 3.96. The van der Waals surface area contributed by atoms with Crippen molar-refractivity contribution >= 4 is 11.6 Å². The van der Waals surface area contributed by atoms with E-state index in [9.17, 15) is 36.2 Å². The van der Waals surface area contributed by atoms with E-state index in [0.717, 1.165) is 6.07 Å². The van der Waals surface area contributed by atoms with Gasteiger partial charge in [-0.05, 0) is 36.6 Å². The predicted octanol–water partition coefficient (Wildman–Crippen LogP) is 5.39. The van der Waals surface area contributed by atoms with Crippen molar-refractivity contribution < 1.29 is 45.7 Å². The third kappa shape index (κ3) is 5.19. The average Bonchev–Trinajstić information content (AvgIpc) is 2.95. The van der Waals surface area contributed by atoms with Gasteiger partial charge in [0.2, 0.25) is 5.91 Å². The Labute approximate surface area is 198 Å². The van der Waals surface area contributed by atoms with Crippen molar-refractivity contribution in [1.29, 1.82) is 0 Å². The van der Waals surface area contributed by atoms with Gasteiger partial charge in [-0.1, -0.05) is 32.0 Å². The van der Waals surface area contributed by atoms with Crippen molar-refractivity contribution in [3.05, 3.63) is 53.6 Å². The van der Waals surface area contributed by atoms with Gasteiger partial charge in [-0.15, -0.1) is 0 Å². The van der Waals surface area contributed by atoms with Crippen LogP contribution in [0.5, 0.6) is 11.5 Å². The summed E-state index contributed by atoms with van der Waals surface area (Å²) >= 11 is 0. The highest BCUT2D eigenvalue weighted by atomic mass is 19.4. The number of hydrogen-bond acceptors (Lipinski definition) is 4. The number of amides is 1. The van der Waals surface area contributed by atoms with Crippen LogP contribution in [0.4, 0.5) is 32.0 Å². The molecule has 1 atom stereocenters. The van der Waals surface area contributed by atoms with E-state index in [2.05, 4.69) is 0 Å². The van der Waals surface area contributed by atoms with E-state index < -0.39 is 35.5 Å². The fraction of sp³-hybridized carbons (Fsp3) is 0.458. The summed E-state index contributed by atoms with van der Waals surface area (Å²) in [5, 5.41) is 9.82. The monoisotopic (exact) mass is 505 g/mol. The summed E-state index contributed by atoms with van der Waals surface area (Å²) < 4.78 is 91.6. The summed E-state index contributed by atoms with van der Waals surface area (Å²) in [4.78, 5) is 14.3. The molecule has 5 nitrogen and oxygen atoms in total. The number of aryl methyl sites for hydroxylation is 1. The lowest BCUT2D eigenvalue weighted by atomic mass is 9.89. The van der Waals surface area contributed by atoms with Gasteiger partial charge in [-0.3, -0.25) is 4.79 Å². The second-order valence-electron chi connectivity index (χ2n) is 8.61. The zero-order chi connectivity index (χ0) is 26.2. The minimum Gasteiger partial charge on any atom is -0.497 e. The number of carbonyl (C=O) groups is 1. The zero-order valence-corrected chi connectivity index (χ0v) is 19.2. The molecule has 1 heterocycles. The molecule has 1 aliphatic heterocycles. The molecule has 0 spiro atoms. The Hall–Kier alpha value is -2.95. The van der Waals surface area contributed by atoms with E-state index in [1.54, 1.807) is 38.1 Å². The van der Waals surface area contributed by atoms with Crippen LogP contribution >= 0.6 is 0 Å². The highest BCUT2D eigenvalue weighted by molar-refractivity contribution is 5.95. The second kappa shape index (κ2) is 9.60. The molecule has 1 aliphatic rings. The van der Waals surface area contributed by atoms with E-state index in [4.69, 9.17) is 9.47 Å². The summed E-state index contributed by atoms with van der Waals surface area (Å²) in [6, 6.07) is 8.93. The quantitative estimate of drug-likeness (QED) is 0.554. The molecule has 1 N–H and O–H groups in total. The maximum absolute atomic E-state index is 13.4. The highest BCUT2D eigenvalue weighted by Gasteiger charge is 2.71. The number of carbonyl (C=O) groups excluding carboxylic acids is 1. The van der Waals surface area contributed by atoms with Crippen molar-refractivity contribution in [2.24, 2.45) is 5.92 Å². The number of aliphatic hydroxyl groups is 1. The number of ether oxygens (including phenoxy) is 2. The molecule has 1 amide bonds. The van der Waals surface area contributed by atoms with Crippen molar-refractivity contribution in [3.8, 4) is 11.5 Å². The lowest BCUT2D eigenvalue weighted by molar-refractivity contribution is -0.376. The molecule has 0 aliphatic carbocycles. The van der Waals surface area contributed by atoms with Crippen LogP contribution in [0.2, 0.25) is 0 Å². The number of anilines is 1. The number of fused-ring (bicyclic) bond motifs is 1. The molecule has 0 aromatic heterocycles. The summed E-state index contributed by atoms with van der Waals surface area (Å²) in [6.45, 7) is 3.29. The molecule has 0 saturated heterocycles. The first-order valence-electron chi connectivity index (χ1n) is 10.8. The Kier molecular flexibility index (Phi) is 7.31. The number of hydrogen-bond donors (Lipinski definition) is 1. The normalized spacial score (nSPS) is 17.1. The van der Waals surface area contributed by atoms with Crippen molar-refractivity contribution in [3.63, 3.8) is 0 Å². The van der Waals surface area contributed by atoms with Crippen molar-refractivity contribution in [2.45, 2.75) is 50.7 Å². The van der Waals surface area contributed by atoms with Gasteiger partial charge in [0.25, 0.3) is 5.60 Å². The first kappa shape index (κ1) is 26.7. The van der Waals surface area contributed by atoms with Crippen LogP contribution in [0.3, 0.4) is 0 Å². The number of nitrogens with zero attached hydrogens (tertiary/aromatic N) is 1. The lowest BCUT2D eigenvalue weighted by Gasteiger charge is -2.33. The molecule has 11 heteroatoms. The van der Waals surface area contributed by atoms with Crippen LogP contribution in [0.15, 0.2) is 42.5 Å². The summed E-state index contributed by atoms with van der Waals surface area (Å²) in [5.41, 5.74) is -6.17. The van der Waals surface area contributed by atoms with Gasteiger partial charge < -0.3 is 19.5 Å². The maximum Gasteiger partial charge on any atom is 0.430 e. The molecule has 0 fully saturated rings. The Morgan fingerprint density at radius 2 is 1.66 bits per heavy atom. The SMILES string of the molecule is COc1cccc(O[C@@H]2CCc3cc(C(O)(C(F)(F)F)C(F)(F)F)ccc3N(C(=O)C(C)C)C2)c1. The van der Waals surface area contributed by atoms with Gasteiger partial charge in [0.1, 0.15) is 17.6 Å². The van der Waals surface area contributed by atoms with E-state index in [-0.39, 0.29) is 36.5 Å². The van der Waals surface area contributed by atoms with Crippen LogP contribution in [-0.2, 0) is 16.8 Å². The second-order valence-corrected chi connectivity index (χ2v) is 8.61. The number of methoxy groups -OCH3 is 1. The van der Waals surface area contributed by atoms with Crippen LogP contribution < -0.4 is 14.4 Å². The molecule has 2 aromatic carbocycles. The Morgan fingerprint density at radius 1 is 1.03 bits per heavy atom. The lowest BCUT2D eigenvalue weighted by Crippen LogP contribution is -2.54. The summed E-state index contributed by atoms with van der Waals surface area (Å²) in [7, 11) is 1.48.